The summed E-state index contributed by atoms with van der Waals surface area (Å²) < 4.78 is 6.01. The molecule has 1 saturated carbocycles. The van der Waals surface area contributed by atoms with Crippen LogP contribution in [0.25, 0.3) is 0 Å². The first-order chi connectivity index (χ1) is 11.2. The zero-order chi connectivity index (χ0) is 15.9. The maximum absolute atomic E-state index is 12.1. The maximum atomic E-state index is 12.1. The van der Waals surface area contributed by atoms with E-state index in [4.69, 9.17) is 4.74 Å². The van der Waals surface area contributed by atoms with E-state index in [-0.39, 0.29) is 18.1 Å². The van der Waals surface area contributed by atoms with E-state index in [0.29, 0.717) is 11.8 Å². The zero-order valence-corrected chi connectivity index (χ0v) is 13.4. The Balaban J connectivity index is 1.41. The lowest BCUT2D eigenvalue weighted by molar-refractivity contribution is -0.174. The molecule has 3 aliphatic rings. The van der Waals surface area contributed by atoms with Crippen LogP contribution in [0.3, 0.4) is 0 Å². The summed E-state index contributed by atoms with van der Waals surface area (Å²) >= 11 is 0. The first kappa shape index (κ1) is 14.8. The van der Waals surface area contributed by atoms with E-state index in [1.54, 1.807) is 12.1 Å². The summed E-state index contributed by atoms with van der Waals surface area (Å²) in [5, 5.41) is 9.41. The van der Waals surface area contributed by atoms with Crippen molar-refractivity contribution in [3.8, 4) is 5.75 Å². The van der Waals surface area contributed by atoms with E-state index < -0.39 is 0 Å². The van der Waals surface area contributed by atoms with Crippen LogP contribution in [0, 0.1) is 0 Å². The molecule has 1 spiro atoms. The summed E-state index contributed by atoms with van der Waals surface area (Å²) in [4.78, 5) is 16.6. The number of morpholine rings is 1. The molecule has 124 valence electrons. The summed E-state index contributed by atoms with van der Waals surface area (Å²) in [6.45, 7) is 2.87. The molecule has 4 rings (SSSR count). The Morgan fingerprint density at radius 2 is 1.83 bits per heavy atom. The number of benzene rings is 1. The molecule has 0 aromatic heterocycles. The predicted octanol–water partition coefficient (Wildman–Crippen LogP) is 2.14. The molecule has 3 fully saturated rings. The van der Waals surface area contributed by atoms with Gasteiger partial charge in [0.05, 0.1) is 12.1 Å². The molecule has 2 aliphatic heterocycles. The third-order valence-electron chi connectivity index (χ3n) is 5.69. The smallest absolute Gasteiger partial charge is 0.248 e. The van der Waals surface area contributed by atoms with Crippen LogP contribution in [0.4, 0.5) is 5.69 Å². The summed E-state index contributed by atoms with van der Waals surface area (Å²) in [6.07, 6.45) is 5.45. The highest BCUT2D eigenvalue weighted by Crippen LogP contribution is 2.36. The largest absolute Gasteiger partial charge is 0.508 e. The number of phenols is 1. The van der Waals surface area contributed by atoms with Gasteiger partial charge in [-0.05, 0) is 56.4 Å². The van der Waals surface area contributed by atoms with Crippen molar-refractivity contribution < 1.29 is 14.6 Å². The van der Waals surface area contributed by atoms with Crippen molar-refractivity contribution in [2.45, 2.75) is 43.7 Å². The molecular weight excluding hydrogens is 292 g/mol. The lowest BCUT2D eigenvalue weighted by Crippen LogP contribution is -2.61. The summed E-state index contributed by atoms with van der Waals surface area (Å²) in [7, 11) is 0. The van der Waals surface area contributed by atoms with Crippen molar-refractivity contribution in [2.24, 2.45) is 0 Å². The molecule has 0 atom stereocenters. The highest BCUT2D eigenvalue weighted by Gasteiger charge is 2.44. The number of nitrogens with zero attached hydrogens (tertiary/aromatic N) is 2. The van der Waals surface area contributed by atoms with Gasteiger partial charge in [0.15, 0.2) is 0 Å². The Morgan fingerprint density at radius 3 is 2.43 bits per heavy atom. The highest BCUT2D eigenvalue weighted by molar-refractivity contribution is 5.78. The Hall–Kier alpha value is -1.75. The third kappa shape index (κ3) is 2.78. The van der Waals surface area contributed by atoms with Gasteiger partial charge in [-0.2, -0.15) is 0 Å². The molecule has 1 amide bonds. The number of amides is 1. The lowest BCUT2D eigenvalue weighted by atomic mass is 9.85. The molecule has 1 aromatic rings. The van der Waals surface area contributed by atoms with E-state index >= 15 is 0 Å². The summed E-state index contributed by atoms with van der Waals surface area (Å²) in [6, 6.07) is 7.83. The van der Waals surface area contributed by atoms with Gasteiger partial charge < -0.3 is 19.6 Å². The van der Waals surface area contributed by atoms with Gasteiger partial charge in [-0.3, -0.25) is 4.79 Å². The second kappa shape index (κ2) is 5.71. The molecule has 23 heavy (non-hydrogen) atoms. The highest BCUT2D eigenvalue weighted by atomic mass is 16.5. The number of carbonyl (C=O) groups excluding carboxylic acids is 1. The van der Waals surface area contributed by atoms with E-state index in [2.05, 4.69) is 9.80 Å². The van der Waals surface area contributed by atoms with Crippen molar-refractivity contribution in [1.82, 2.24) is 4.90 Å². The van der Waals surface area contributed by atoms with Crippen LogP contribution >= 0.6 is 0 Å². The van der Waals surface area contributed by atoms with Crippen molar-refractivity contribution in [3.05, 3.63) is 24.3 Å². The number of carbonyl (C=O) groups is 1. The predicted molar refractivity (Wildman–Crippen MR) is 87.6 cm³/mol. The van der Waals surface area contributed by atoms with Gasteiger partial charge in [0.2, 0.25) is 5.91 Å². The zero-order valence-electron chi connectivity index (χ0n) is 13.4. The van der Waals surface area contributed by atoms with Gasteiger partial charge in [0.1, 0.15) is 12.4 Å². The number of phenolic OH excluding ortho intramolecular Hbond substituents is 1. The Bertz CT molecular complexity index is 574. The fourth-order valence-electron chi connectivity index (χ4n) is 3.91. The van der Waals surface area contributed by atoms with Gasteiger partial charge in [0, 0.05) is 24.8 Å². The molecular formula is C18H24N2O3. The maximum Gasteiger partial charge on any atom is 0.248 e. The minimum atomic E-state index is -0.156. The molecule has 2 saturated heterocycles. The first-order valence-corrected chi connectivity index (χ1v) is 8.63. The average Bonchev–Trinajstić information content (AvgIpc) is 2.51. The van der Waals surface area contributed by atoms with E-state index in [9.17, 15) is 9.90 Å². The topological polar surface area (TPSA) is 53.0 Å². The van der Waals surface area contributed by atoms with Crippen molar-refractivity contribution in [3.63, 3.8) is 0 Å². The average molecular weight is 316 g/mol. The molecule has 1 N–H and O–H groups in total. The third-order valence-corrected chi connectivity index (χ3v) is 5.69. The first-order valence-electron chi connectivity index (χ1n) is 8.63. The second-order valence-corrected chi connectivity index (χ2v) is 7.08. The van der Waals surface area contributed by atoms with Crippen LogP contribution in [0.2, 0.25) is 0 Å². The van der Waals surface area contributed by atoms with Gasteiger partial charge in [-0.1, -0.05) is 0 Å². The number of ether oxygens (including phenoxy) is 1. The van der Waals surface area contributed by atoms with Crippen LogP contribution in [-0.2, 0) is 9.53 Å². The van der Waals surface area contributed by atoms with Crippen LogP contribution in [-0.4, -0.2) is 53.8 Å². The second-order valence-electron chi connectivity index (χ2n) is 7.08. The Morgan fingerprint density at radius 1 is 1.13 bits per heavy atom. The number of hydrogen-bond acceptors (Lipinski definition) is 4. The normalized spacial score (nSPS) is 24.8. The number of piperidine rings is 1. The van der Waals surface area contributed by atoms with Crippen LogP contribution in [0.5, 0.6) is 5.75 Å². The van der Waals surface area contributed by atoms with Crippen molar-refractivity contribution >= 4 is 11.6 Å². The molecule has 5 heteroatoms. The van der Waals surface area contributed by atoms with Crippen LogP contribution in [0.1, 0.15) is 32.1 Å². The van der Waals surface area contributed by atoms with Gasteiger partial charge in [0.25, 0.3) is 0 Å². The van der Waals surface area contributed by atoms with E-state index in [1.807, 2.05) is 12.1 Å². The van der Waals surface area contributed by atoms with Gasteiger partial charge >= 0.3 is 0 Å². The van der Waals surface area contributed by atoms with Crippen molar-refractivity contribution in [1.29, 1.82) is 0 Å². The monoisotopic (exact) mass is 316 g/mol. The van der Waals surface area contributed by atoms with Crippen molar-refractivity contribution in [2.75, 3.05) is 31.1 Å². The molecule has 1 aliphatic carbocycles. The minimum Gasteiger partial charge on any atom is -0.508 e. The van der Waals surface area contributed by atoms with Gasteiger partial charge in [-0.15, -0.1) is 0 Å². The summed E-state index contributed by atoms with van der Waals surface area (Å²) in [5.74, 6) is 0.466. The quantitative estimate of drug-likeness (QED) is 0.908. The Labute approximate surface area is 136 Å². The van der Waals surface area contributed by atoms with Gasteiger partial charge in [-0.25, -0.2) is 0 Å². The fourth-order valence-corrected chi connectivity index (χ4v) is 3.91. The molecule has 0 bridgehead atoms. The van der Waals surface area contributed by atoms with E-state index in [1.165, 1.54) is 6.42 Å². The van der Waals surface area contributed by atoms with Crippen LogP contribution in [0.15, 0.2) is 24.3 Å². The molecule has 5 nitrogen and oxygen atoms in total. The molecule has 0 unspecified atom stereocenters. The number of hydrogen-bond donors (Lipinski definition) is 1. The molecule has 0 radical (unpaired) electrons. The van der Waals surface area contributed by atoms with E-state index in [0.717, 1.165) is 51.0 Å². The SMILES string of the molecule is O=C1COC2(CCN(c3ccc(O)cc3)CC2)CN1C1CCC1. The fraction of sp³-hybridized carbons (Fsp3) is 0.611. The minimum absolute atomic E-state index is 0.156. The van der Waals surface area contributed by atoms with Crippen LogP contribution < -0.4 is 4.90 Å². The lowest BCUT2D eigenvalue weighted by Gasteiger charge is -2.50. The molecule has 2 heterocycles. The standard InChI is InChI=1S/C18H24N2O3/c21-16-6-4-14(5-7-16)19-10-8-18(9-11-19)13-20(15-2-1-3-15)17(22)12-23-18/h4-7,15,21H,1-3,8-13H2. The number of aromatic hydroxyl groups is 1. The molecule has 1 aromatic carbocycles. The Kier molecular flexibility index (Phi) is 3.68. The number of rotatable bonds is 2. The summed E-state index contributed by atoms with van der Waals surface area (Å²) in [5.41, 5.74) is 0.983. The number of anilines is 1.